The maximum atomic E-state index is 11.8. The van der Waals surface area contributed by atoms with E-state index < -0.39 is 11.8 Å². The first-order chi connectivity index (χ1) is 9.05. The second-order valence-corrected chi connectivity index (χ2v) is 3.92. The molecule has 2 N–H and O–H groups in total. The summed E-state index contributed by atoms with van der Waals surface area (Å²) in [6.45, 7) is 0.143. The van der Waals surface area contributed by atoms with Crippen LogP contribution in [0.2, 0.25) is 0 Å². The summed E-state index contributed by atoms with van der Waals surface area (Å²) in [6.07, 6.45) is 0.0473. The summed E-state index contributed by atoms with van der Waals surface area (Å²) >= 11 is 0. The highest BCUT2D eigenvalue weighted by atomic mass is 16.5. The van der Waals surface area contributed by atoms with E-state index >= 15 is 0 Å². The van der Waals surface area contributed by atoms with Gasteiger partial charge in [0.15, 0.2) is 0 Å². The molecule has 0 aliphatic carbocycles. The van der Waals surface area contributed by atoms with Gasteiger partial charge in [0.2, 0.25) is 17.8 Å². The molecule has 1 saturated heterocycles. The Balaban J connectivity index is 2.31. The van der Waals surface area contributed by atoms with Crippen LogP contribution in [0.25, 0.3) is 0 Å². The van der Waals surface area contributed by atoms with Crippen molar-refractivity contribution in [1.82, 2.24) is 15.0 Å². The lowest BCUT2D eigenvalue weighted by Crippen LogP contribution is -2.29. The highest BCUT2D eigenvalue weighted by Crippen LogP contribution is 2.24. The van der Waals surface area contributed by atoms with Gasteiger partial charge in [0.1, 0.15) is 0 Å². The Labute approximate surface area is 108 Å². The lowest BCUT2D eigenvalue weighted by Gasteiger charge is -2.14. The van der Waals surface area contributed by atoms with Gasteiger partial charge in [-0.05, 0) is 0 Å². The van der Waals surface area contributed by atoms with Crippen molar-refractivity contribution in [3.8, 4) is 12.0 Å². The van der Waals surface area contributed by atoms with Gasteiger partial charge in [-0.1, -0.05) is 0 Å². The van der Waals surface area contributed by atoms with E-state index in [2.05, 4.69) is 15.0 Å². The molecule has 0 radical (unpaired) electrons. The number of methoxy groups -OCH3 is 2. The molecule has 1 fully saturated rings. The normalized spacial score (nSPS) is 18.5. The van der Waals surface area contributed by atoms with Gasteiger partial charge in [-0.25, -0.2) is 0 Å². The summed E-state index contributed by atoms with van der Waals surface area (Å²) in [7, 11) is 2.77. The SMILES string of the molecule is COc1nc(OC)nc(N2CC(C(N)=O)CC2=O)n1. The maximum absolute atomic E-state index is 11.8. The molecule has 0 aromatic carbocycles. The number of primary amides is 1. The summed E-state index contributed by atoms with van der Waals surface area (Å²) in [5.41, 5.74) is 5.19. The molecule has 1 atom stereocenters. The lowest BCUT2D eigenvalue weighted by atomic mass is 10.1. The third kappa shape index (κ3) is 2.54. The van der Waals surface area contributed by atoms with Crippen LogP contribution < -0.4 is 20.1 Å². The molecule has 102 valence electrons. The number of carbonyl (C=O) groups excluding carboxylic acids is 2. The molecule has 1 aromatic heterocycles. The summed E-state index contributed by atoms with van der Waals surface area (Å²) in [4.78, 5) is 35.9. The highest BCUT2D eigenvalue weighted by molar-refractivity contribution is 5.98. The summed E-state index contributed by atoms with van der Waals surface area (Å²) in [5.74, 6) is -1.26. The zero-order valence-electron chi connectivity index (χ0n) is 10.5. The molecule has 9 heteroatoms. The third-order valence-electron chi connectivity index (χ3n) is 2.72. The highest BCUT2D eigenvalue weighted by Gasteiger charge is 2.36. The summed E-state index contributed by atoms with van der Waals surface area (Å²) in [6, 6.07) is 0.0503. The van der Waals surface area contributed by atoms with Crippen LogP contribution in [0.3, 0.4) is 0 Å². The van der Waals surface area contributed by atoms with E-state index in [0.717, 1.165) is 0 Å². The topological polar surface area (TPSA) is 121 Å². The van der Waals surface area contributed by atoms with Crippen molar-refractivity contribution in [2.75, 3.05) is 25.7 Å². The fourth-order valence-electron chi connectivity index (χ4n) is 1.72. The molecular formula is C10H13N5O4. The van der Waals surface area contributed by atoms with E-state index in [9.17, 15) is 9.59 Å². The van der Waals surface area contributed by atoms with E-state index in [1.165, 1.54) is 19.1 Å². The maximum Gasteiger partial charge on any atom is 0.324 e. The average Bonchev–Trinajstić information content (AvgIpc) is 2.80. The average molecular weight is 267 g/mol. The van der Waals surface area contributed by atoms with Crippen LogP contribution in [0.5, 0.6) is 12.0 Å². The molecule has 19 heavy (non-hydrogen) atoms. The predicted molar refractivity (Wildman–Crippen MR) is 62.6 cm³/mol. The minimum absolute atomic E-state index is 0.0252. The number of nitrogens with two attached hydrogens (primary N) is 1. The van der Waals surface area contributed by atoms with Gasteiger partial charge in [-0.3, -0.25) is 14.5 Å². The van der Waals surface area contributed by atoms with Crippen molar-refractivity contribution in [3.63, 3.8) is 0 Å². The zero-order valence-corrected chi connectivity index (χ0v) is 10.5. The monoisotopic (exact) mass is 267 g/mol. The van der Waals surface area contributed by atoms with Crippen LogP contribution in [0.15, 0.2) is 0 Å². The lowest BCUT2D eigenvalue weighted by molar-refractivity contribution is -0.123. The van der Waals surface area contributed by atoms with Crippen LogP contribution in [-0.4, -0.2) is 47.5 Å². The second kappa shape index (κ2) is 5.04. The van der Waals surface area contributed by atoms with Crippen molar-refractivity contribution in [2.45, 2.75) is 6.42 Å². The second-order valence-electron chi connectivity index (χ2n) is 3.92. The van der Waals surface area contributed by atoms with Crippen LogP contribution >= 0.6 is 0 Å². The predicted octanol–water partition coefficient (Wildman–Crippen LogP) is -1.27. The molecule has 1 aliphatic rings. The van der Waals surface area contributed by atoms with Gasteiger partial charge in [0.25, 0.3) is 0 Å². The van der Waals surface area contributed by atoms with Crippen molar-refractivity contribution in [3.05, 3.63) is 0 Å². The molecule has 0 saturated carbocycles. The number of carbonyl (C=O) groups is 2. The fourth-order valence-corrected chi connectivity index (χ4v) is 1.72. The van der Waals surface area contributed by atoms with Gasteiger partial charge in [-0.15, -0.1) is 4.98 Å². The Morgan fingerprint density at radius 3 is 2.26 bits per heavy atom. The van der Waals surface area contributed by atoms with E-state index in [1.807, 2.05) is 0 Å². The first-order valence-electron chi connectivity index (χ1n) is 5.49. The number of hydrogen-bond donors (Lipinski definition) is 1. The van der Waals surface area contributed by atoms with Crippen molar-refractivity contribution in [2.24, 2.45) is 11.7 Å². The first kappa shape index (κ1) is 13.0. The Kier molecular flexibility index (Phi) is 3.45. The minimum Gasteiger partial charge on any atom is -0.467 e. The van der Waals surface area contributed by atoms with Crippen LogP contribution in [0, 0.1) is 5.92 Å². The fraction of sp³-hybridized carbons (Fsp3) is 0.500. The molecule has 9 nitrogen and oxygen atoms in total. The largest absolute Gasteiger partial charge is 0.467 e. The van der Waals surface area contributed by atoms with E-state index in [0.29, 0.717) is 0 Å². The molecular weight excluding hydrogens is 254 g/mol. The number of nitrogens with zero attached hydrogens (tertiary/aromatic N) is 4. The molecule has 2 amide bonds. The number of anilines is 1. The molecule has 1 unspecified atom stereocenters. The Morgan fingerprint density at radius 2 is 1.84 bits per heavy atom. The number of amides is 2. The van der Waals surface area contributed by atoms with Gasteiger partial charge in [-0.2, -0.15) is 9.97 Å². The van der Waals surface area contributed by atoms with Crippen molar-refractivity contribution < 1.29 is 19.1 Å². The Hall–Kier alpha value is -2.45. The van der Waals surface area contributed by atoms with Crippen molar-refractivity contribution in [1.29, 1.82) is 0 Å². The van der Waals surface area contributed by atoms with Gasteiger partial charge in [0, 0.05) is 13.0 Å². The van der Waals surface area contributed by atoms with Crippen molar-refractivity contribution >= 4 is 17.8 Å². The van der Waals surface area contributed by atoms with Gasteiger partial charge < -0.3 is 15.2 Å². The number of hydrogen-bond acceptors (Lipinski definition) is 7. The summed E-state index contributed by atoms with van der Waals surface area (Å²) in [5, 5.41) is 0. The molecule has 0 bridgehead atoms. The van der Waals surface area contributed by atoms with Crippen LogP contribution in [0.1, 0.15) is 6.42 Å². The number of rotatable bonds is 4. The van der Waals surface area contributed by atoms with E-state index in [4.69, 9.17) is 15.2 Å². The zero-order chi connectivity index (χ0) is 14.0. The smallest absolute Gasteiger partial charge is 0.324 e. The van der Waals surface area contributed by atoms with E-state index in [1.54, 1.807) is 0 Å². The number of ether oxygens (including phenoxy) is 2. The molecule has 1 aromatic rings. The summed E-state index contributed by atoms with van der Waals surface area (Å²) < 4.78 is 9.79. The minimum atomic E-state index is -0.541. The quantitative estimate of drug-likeness (QED) is 0.721. The van der Waals surface area contributed by atoms with Gasteiger partial charge in [0.05, 0.1) is 20.1 Å². The van der Waals surface area contributed by atoms with Crippen LogP contribution in [0.4, 0.5) is 5.95 Å². The number of aromatic nitrogens is 3. The third-order valence-corrected chi connectivity index (χ3v) is 2.72. The van der Waals surface area contributed by atoms with Gasteiger partial charge >= 0.3 is 12.0 Å². The molecule has 2 heterocycles. The molecule has 2 rings (SSSR count). The first-order valence-corrected chi connectivity index (χ1v) is 5.49. The Bertz CT molecular complexity index is 498. The van der Waals surface area contributed by atoms with E-state index in [-0.39, 0.29) is 36.8 Å². The molecule has 0 spiro atoms. The van der Waals surface area contributed by atoms with Crippen LogP contribution in [-0.2, 0) is 9.59 Å². The standard InChI is InChI=1S/C10H13N5O4/c1-18-9-12-8(13-10(14-9)19-2)15-4-5(7(11)17)3-6(15)16/h5H,3-4H2,1-2H3,(H2,11,17). The Morgan fingerprint density at radius 1 is 1.26 bits per heavy atom. The molecule has 1 aliphatic heterocycles.